The molecule has 2 aromatic carbocycles. The van der Waals surface area contributed by atoms with Crippen molar-refractivity contribution in [3.8, 4) is 0 Å². The van der Waals surface area contributed by atoms with E-state index in [1.54, 1.807) is 18.2 Å². The Bertz CT molecular complexity index is 835. The van der Waals surface area contributed by atoms with Crippen molar-refractivity contribution < 1.29 is 8.42 Å². The van der Waals surface area contributed by atoms with Gasteiger partial charge in [0.25, 0.3) is 0 Å². The minimum atomic E-state index is -3.53. The maximum atomic E-state index is 12.6. The number of sulfone groups is 1. The molecular weight excluding hydrogens is 282 g/mol. The summed E-state index contributed by atoms with van der Waals surface area (Å²) in [7, 11) is -3.53. The molecule has 1 heterocycles. The molecule has 0 aliphatic rings. The highest BCUT2D eigenvalue weighted by Crippen LogP contribution is 2.28. The number of fused-ring (bicyclic) bond motifs is 1. The molecular formula is C14H10ClNO2S. The zero-order valence-electron chi connectivity index (χ0n) is 9.80. The van der Waals surface area contributed by atoms with Gasteiger partial charge in [0.15, 0.2) is 0 Å². The van der Waals surface area contributed by atoms with Crippen LogP contribution in [-0.2, 0) is 9.84 Å². The molecule has 3 rings (SSSR count). The van der Waals surface area contributed by atoms with E-state index < -0.39 is 9.84 Å². The fourth-order valence-electron chi connectivity index (χ4n) is 2.01. The summed E-state index contributed by atoms with van der Waals surface area (Å²) in [6, 6.07) is 13.5. The summed E-state index contributed by atoms with van der Waals surface area (Å²) in [5.74, 6) is 0. The number of hydrogen-bond acceptors (Lipinski definition) is 2. The van der Waals surface area contributed by atoms with Crippen LogP contribution in [0.1, 0.15) is 0 Å². The number of benzene rings is 2. The number of rotatable bonds is 2. The van der Waals surface area contributed by atoms with Crippen molar-refractivity contribution in [2.75, 3.05) is 0 Å². The van der Waals surface area contributed by atoms with Crippen LogP contribution in [-0.4, -0.2) is 13.4 Å². The van der Waals surface area contributed by atoms with E-state index in [1.807, 2.05) is 18.2 Å². The molecule has 96 valence electrons. The van der Waals surface area contributed by atoms with Gasteiger partial charge in [0, 0.05) is 22.1 Å². The van der Waals surface area contributed by atoms with Crippen LogP contribution in [0.2, 0.25) is 5.02 Å². The Morgan fingerprint density at radius 1 is 0.947 bits per heavy atom. The van der Waals surface area contributed by atoms with Gasteiger partial charge in [0.1, 0.15) is 0 Å². The van der Waals surface area contributed by atoms with E-state index in [1.165, 1.54) is 18.3 Å². The Hall–Kier alpha value is -1.78. The molecule has 0 radical (unpaired) electrons. The molecule has 0 fully saturated rings. The lowest BCUT2D eigenvalue weighted by molar-refractivity contribution is 0.597. The standard InChI is InChI=1S/C14H10ClNO2S/c15-10-5-7-11(8-6-10)19(17,18)14-9-16-13-4-2-1-3-12(13)14/h1-9,16H. The molecule has 19 heavy (non-hydrogen) atoms. The Kier molecular flexibility index (Phi) is 2.84. The second-order valence-corrected chi connectivity index (χ2v) is 6.51. The van der Waals surface area contributed by atoms with E-state index >= 15 is 0 Å². The van der Waals surface area contributed by atoms with Gasteiger partial charge in [-0.3, -0.25) is 0 Å². The summed E-state index contributed by atoms with van der Waals surface area (Å²) in [4.78, 5) is 3.49. The second-order valence-electron chi connectivity index (χ2n) is 4.16. The lowest BCUT2D eigenvalue weighted by Gasteiger charge is -2.03. The third kappa shape index (κ3) is 2.03. The van der Waals surface area contributed by atoms with Crippen molar-refractivity contribution in [1.82, 2.24) is 4.98 Å². The predicted octanol–water partition coefficient (Wildman–Crippen LogP) is 3.65. The topological polar surface area (TPSA) is 49.9 Å². The van der Waals surface area contributed by atoms with E-state index in [0.717, 1.165) is 5.52 Å². The number of hydrogen-bond donors (Lipinski definition) is 1. The van der Waals surface area contributed by atoms with Crippen LogP contribution in [0.25, 0.3) is 10.9 Å². The van der Waals surface area contributed by atoms with E-state index in [-0.39, 0.29) is 9.79 Å². The van der Waals surface area contributed by atoms with Gasteiger partial charge in [-0.1, -0.05) is 29.8 Å². The fraction of sp³-hybridized carbons (Fsp3) is 0. The third-order valence-electron chi connectivity index (χ3n) is 2.96. The maximum absolute atomic E-state index is 12.6. The van der Waals surface area contributed by atoms with Crippen molar-refractivity contribution in [2.45, 2.75) is 9.79 Å². The van der Waals surface area contributed by atoms with E-state index in [4.69, 9.17) is 11.6 Å². The van der Waals surface area contributed by atoms with Crippen molar-refractivity contribution >= 4 is 32.3 Å². The van der Waals surface area contributed by atoms with Gasteiger partial charge in [-0.05, 0) is 30.3 Å². The monoisotopic (exact) mass is 291 g/mol. The van der Waals surface area contributed by atoms with Gasteiger partial charge in [0.05, 0.1) is 9.79 Å². The minimum Gasteiger partial charge on any atom is -0.360 e. The van der Waals surface area contributed by atoms with Gasteiger partial charge >= 0.3 is 0 Å². The Morgan fingerprint density at radius 3 is 2.37 bits per heavy atom. The number of para-hydroxylation sites is 1. The highest BCUT2D eigenvalue weighted by molar-refractivity contribution is 7.91. The van der Waals surface area contributed by atoms with Crippen LogP contribution in [0.15, 0.2) is 64.5 Å². The van der Waals surface area contributed by atoms with Crippen LogP contribution >= 0.6 is 11.6 Å². The lowest BCUT2D eigenvalue weighted by atomic mass is 10.2. The molecule has 0 atom stereocenters. The lowest BCUT2D eigenvalue weighted by Crippen LogP contribution is -2.00. The minimum absolute atomic E-state index is 0.238. The molecule has 0 aliphatic heterocycles. The van der Waals surface area contributed by atoms with E-state index in [9.17, 15) is 8.42 Å². The van der Waals surface area contributed by atoms with Gasteiger partial charge < -0.3 is 4.98 Å². The first-order chi connectivity index (χ1) is 9.09. The number of H-pyrrole nitrogens is 1. The van der Waals surface area contributed by atoms with Gasteiger partial charge in [0.2, 0.25) is 9.84 Å². The molecule has 5 heteroatoms. The van der Waals surface area contributed by atoms with Crippen molar-refractivity contribution in [1.29, 1.82) is 0 Å². The first-order valence-corrected chi connectivity index (χ1v) is 7.52. The molecule has 1 N–H and O–H groups in total. The number of aromatic amines is 1. The first kappa shape index (κ1) is 12.3. The van der Waals surface area contributed by atoms with Crippen molar-refractivity contribution in [2.24, 2.45) is 0 Å². The second kappa shape index (κ2) is 4.40. The van der Waals surface area contributed by atoms with Crippen LogP contribution < -0.4 is 0 Å². The zero-order chi connectivity index (χ0) is 13.5. The maximum Gasteiger partial charge on any atom is 0.208 e. The van der Waals surface area contributed by atoms with Crippen LogP contribution in [0.5, 0.6) is 0 Å². The predicted molar refractivity (Wildman–Crippen MR) is 75.2 cm³/mol. The molecule has 3 nitrogen and oxygen atoms in total. The Morgan fingerprint density at radius 2 is 1.63 bits per heavy atom. The van der Waals surface area contributed by atoms with E-state index in [0.29, 0.717) is 10.4 Å². The number of halogens is 1. The van der Waals surface area contributed by atoms with E-state index in [2.05, 4.69) is 4.98 Å². The fourth-order valence-corrected chi connectivity index (χ4v) is 3.56. The summed E-state index contributed by atoms with van der Waals surface area (Å²) in [5, 5.41) is 1.20. The van der Waals surface area contributed by atoms with Gasteiger partial charge in [-0.2, -0.15) is 0 Å². The average Bonchev–Trinajstić information content (AvgIpc) is 2.83. The molecule has 0 spiro atoms. The number of nitrogens with one attached hydrogen (secondary N) is 1. The first-order valence-electron chi connectivity index (χ1n) is 5.66. The molecule has 0 saturated heterocycles. The van der Waals surface area contributed by atoms with Crippen LogP contribution in [0, 0.1) is 0 Å². The van der Waals surface area contributed by atoms with Crippen LogP contribution in [0.3, 0.4) is 0 Å². The largest absolute Gasteiger partial charge is 0.360 e. The summed E-state index contributed by atoms with van der Waals surface area (Å²) < 4.78 is 25.1. The van der Waals surface area contributed by atoms with Crippen molar-refractivity contribution in [3.63, 3.8) is 0 Å². The quantitative estimate of drug-likeness (QED) is 0.783. The highest BCUT2D eigenvalue weighted by atomic mass is 35.5. The van der Waals surface area contributed by atoms with Gasteiger partial charge in [-0.25, -0.2) is 8.42 Å². The smallest absolute Gasteiger partial charge is 0.208 e. The molecule has 1 aromatic heterocycles. The number of aromatic nitrogens is 1. The molecule has 0 unspecified atom stereocenters. The molecule has 0 aliphatic carbocycles. The molecule has 0 saturated carbocycles. The zero-order valence-corrected chi connectivity index (χ0v) is 11.4. The van der Waals surface area contributed by atoms with Crippen molar-refractivity contribution in [3.05, 3.63) is 59.8 Å². The Labute approximate surface area is 115 Å². The average molecular weight is 292 g/mol. The highest BCUT2D eigenvalue weighted by Gasteiger charge is 2.21. The molecule has 0 bridgehead atoms. The normalized spacial score (nSPS) is 11.8. The summed E-state index contributed by atoms with van der Waals surface area (Å²) in [6.07, 6.45) is 1.52. The molecule has 0 amide bonds. The Balaban J connectivity index is 2.22. The van der Waals surface area contributed by atoms with Gasteiger partial charge in [-0.15, -0.1) is 0 Å². The molecule has 3 aromatic rings. The summed E-state index contributed by atoms with van der Waals surface area (Å²) >= 11 is 5.78. The SMILES string of the molecule is O=S(=O)(c1ccc(Cl)cc1)c1c[nH]c2ccccc12. The third-order valence-corrected chi connectivity index (χ3v) is 5.03. The van der Waals surface area contributed by atoms with Crippen LogP contribution in [0.4, 0.5) is 0 Å². The summed E-state index contributed by atoms with van der Waals surface area (Å²) in [6.45, 7) is 0. The summed E-state index contributed by atoms with van der Waals surface area (Å²) in [5.41, 5.74) is 0.801.